The molecule has 1 aromatic carbocycles. The van der Waals surface area contributed by atoms with Gasteiger partial charge in [0.1, 0.15) is 5.75 Å². The van der Waals surface area contributed by atoms with Gasteiger partial charge in [0.2, 0.25) is 11.8 Å². The van der Waals surface area contributed by atoms with E-state index < -0.39 is 0 Å². The summed E-state index contributed by atoms with van der Waals surface area (Å²) in [6.07, 6.45) is 6.01. The summed E-state index contributed by atoms with van der Waals surface area (Å²) in [7, 11) is 1.65. The van der Waals surface area contributed by atoms with Gasteiger partial charge in [0.25, 0.3) is 0 Å². The fourth-order valence-electron chi connectivity index (χ4n) is 5.55. The van der Waals surface area contributed by atoms with Crippen molar-refractivity contribution in [3.63, 3.8) is 0 Å². The number of rotatable bonds is 7. The number of methoxy groups -OCH3 is 1. The van der Waals surface area contributed by atoms with Crippen LogP contribution in [0.1, 0.15) is 63.5 Å². The summed E-state index contributed by atoms with van der Waals surface area (Å²) in [4.78, 5) is 28.4. The Hall–Kier alpha value is -2.12. The number of ether oxygens (including phenoxy) is 1. The van der Waals surface area contributed by atoms with Crippen LogP contribution in [0, 0.1) is 11.8 Å². The SMILES string of the molecule is CCCCN1C(=O)CCC(C(=O)NC2CCC3NNCC3C2)C1c1ccccc1OC. The van der Waals surface area contributed by atoms with Crippen LogP contribution in [0.3, 0.4) is 0 Å². The zero-order valence-corrected chi connectivity index (χ0v) is 18.7. The highest BCUT2D eigenvalue weighted by Gasteiger charge is 2.43. The minimum atomic E-state index is -0.282. The number of likely N-dealkylation sites (tertiary alicyclic amines) is 1. The van der Waals surface area contributed by atoms with E-state index in [2.05, 4.69) is 23.1 Å². The van der Waals surface area contributed by atoms with Crippen molar-refractivity contribution in [3.8, 4) is 5.75 Å². The average Bonchev–Trinajstić information content (AvgIpc) is 3.26. The van der Waals surface area contributed by atoms with Crippen LogP contribution in [-0.2, 0) is 9.59 Å². The molecule has 0 spiro atoms. The molecule has 3 N–H and O–H groups in total. The topological polar surface area (TPSA) is 82.7 Å². The molecule has 170 valence electrons. The van der Waals surface area contributed by atoms with Crippen LogP contribution in [0.5, 0.6) is 5.75 Å². The molecule has 5 unspecified atom stereocenters. The fourth-order valence-corrected chi connectivity index (χ4v) is 5.55. The molecule has 1 aromatic rings. The summed E-state index contributed by atoms with van der Waals surface area (Å²) in [6, 6.07) is 8.26. The quantitative estimate of drug-likeness (QED) is 0.622. The van der Waals surface area contributed by atoms with Crippen LogP contribution in [0.25, 0.3) is 0 Å². The maximum Gasteiger partial charge on any atom is 0.225 e. The minimum absolute atomic E-state index is 0.0762. The third-order valence-corrected chi connectivity index (χ3v) is 7.23. The molecule has 0 bridgehead atoms. The highest BCUT2D eigenvalue weighted by Crippen LogP contribution is 2.41. The molecule has 0 aromatic heterocycles. The van der Waals surface area contributed by atoms with Crippen LogP contribution in [0.2, 0.25) is 0 Å². The number of para-hydroxylation sites is 1. The molecule has 7 nitrogen and oxygen atoms in total. The summed E-state index contributed by atoms with van der Waals surface area (Å²) >= 11 is 0. The number of nitrogens with zero attached hydrogens (tertiary/aromatic N) is 1. The Kier molecular flexibility index (Phi) is 7.13. The second-order valence-electron chi connectivity index (χ2n) is 9.18. The van der Waals surface area contributed by atoms with E-state index in [0.29, 0.717) is 31.3 Å². The fraction of sp³-hybridized carbons (Fsp3) is 0.667. The van der Waals surface area contributed by atoms with Gasteiger partial charge in [-0.3, -0.25) is 20.4 Å². The predicted octanol–water partition coefficient (Wildman–Crippen LogP) is 2.54. The highest BCUT2D eigenvalue weighted by atomic mass is 16.5. The van der Waals surface area contributed by atoms with E-state index in [1.165, 1.54) is 0 Å². The molecule has 1 saturated carbocycles. The lowest BCUT2D eigenvalue weighted by atomic mass is 9.80. The smallest absolute Gasteiger partial charge is 0.225 e. The minimum Gasteiger partial charge on any atom is -0.496 e. The molecular weight excluding hydrogens is 392 g/mol. The van der Waals surface area contributed by atoms with E-state index in [0.717, 1.165) is 50.0 Å². The van der Waals surface area contributed by atoms with E-state index >= 15 is 0 Å². The van der Waals surface area contributed by atoms with Crippen molar-refractivity contribution in [1.82, 2.24) is 21.1 Å². The van der Waals surface area contributed by atoms with Crippen molar-refractivity contribution in [3.05, 3.63) is 29.8 Å². The van der Waals surface area contributed by atoms with Crippen LogP contribution < -0.4 is 20.9 Å². The number of fused-ring (bicyclic) bond motifs is 1. The Bertz CT molecular complexity index is 786. The van der Waals surface area contributed by atoms with Gasteiger partial charge >= 0.3 is 0 Å². The number of carbonyl (C=O) groups excluding carboxylic acids is 2. The van der Waals surface area contributed by atoms with Crippen molar-refractivity contribution < 1.29 is 14.3 Å². The van der Waals surface area contributed by atoms with Crippen LogP contribution >= 0.6 is 0 Å². The summed E-state index contributed by atoms with van der Waals surface area (Å²) in [6.45, 7) is 3.76. The molecule has 0 radical (unpaired) electrons. The molecule has 3 fully saturated rings. The first-order valence-electron chi connectivity index (χ1n) is 11.8. The van der Waals surface area contributed by atoms with E-state index in [-0.39, 0.29) is 29.8 Å². The normalized spacial score (nSPS) is 30.7. The molecule has 31 heavy (non-hydrogen) atoms. The average molecular weight is 429 g/mol. The van der Waals surface area contributed by atoms with Crippen molar-refractivity contribution in [2.45, 2.75) is 70.0 Å². The van der Waals surface area contributed by atoms with E-state index in [1.54, 1.807) is 7.11 Å². The Morgan fingerprint density at radius 2 is 2.10 bits per heavy atom. The largest absolute Gasteiger partial charge is 0.496 e. The van der Waals surface area contributed by atoms with Crippen molar-refractivity contribution in [2.24, 2.45) is 11.8 Å². The van der Waals surface area contributed by atoms with Crippen molar-refractivity contribution >= 4 is 11.8 Å². The number of hydrogen-bond acceptors (Lipinski definition) is 5. The van der Waals surface area contributed by atoms with Gasteiger partial charge in [0, 0.05) is 37.2 Å². The van der Waals surface area contributed by atoms with Crippen LogP contribution in [0.15, 0.2) is 24.3 Å². The number of carbonyl (C=O) groups is 2. The summed E-state index contributed by atoms with van der Waals surface area (Å²) in [5.41, 5.74) is 7.53. The van der Waals surface area contributed by atoms with Crippen molar-refractivity contribution in [2.75, 3.05) is 20.2 Å². The summed E-state index contributed by atoms with van der Waals surface area (Å²) in [5.74, 6) is 1.26. The number of amides is 2. The zero-order chi connectivity index (χ0) is 21.8. The second-order valence-corrected chi connectivity index (χ2v) is 9.18. The lowest BCUT2D eigenvalue weighted by molar-refractivity contribution is -0.144. The van der Waals surface area contributed by atoms with Gasteiger partial charge in [-0.2, -0.15) is 0 Å². The standard InChI is InChI=1S/C24H36N4O3/c1-3-4-13-28-22(29)12-10-19(23(28)18-7-5-6-8-21(18)31-2)24(30)26-17-9-11-20-16(14-17)15-25-27-20/h5-8,16-17,19-20,23,25,27H,3-4,9-15H2,1-2H3,(H,26,30). The molecule has 2 saturated heterocycles. The van der Waals surface area contributed by atoms with Crippen LogP contribution in [-0.4, -0.2) is 49.0 Å². The maximum atomic E-state index is 13.5. The molecular formula is C24H36N4O3. The first-order valence-corrected chi connectivity index (χ1v) is 11.8. The number of piperidine rings is 1. The first-order chi connectivity index (χ1) is 15.1. The zero-order valence-electron chi connectivity index (χ0n) is 18.7. The molecule has 2 heterocycles. The Morgan fingerprint density at radius 1 is 1.26 bits per heavy atom. The van der Waals surface area contributed by atoms with Gasteiger partial charge in [-0.05, 0) is 44.1 Å². The molecule has 2 amide bonds. The highest BCUT2D eigenvalue weighted by molar-refractivity contribution is 5.85. The number of nitrogens with one attached hydrogen (secondary N) is 3. The number of hydrazine groups is 1. The van der Waals surface area contributed by atoms with Gasteiger partial charge in [-0.25, -0.2) is 0 Å². The molecule has 3 aliphatic rings. The molecule has 4 rings (SSSR count). The maximum absolute atomic E-state index is 13.5. The lowest BCUT2D eigenvalue weighted by Gasteiger charge is -2.42. The summed E-state index contributed by atoms with van der Waals surface area (Å²) in [5, 5.41) is 3.36. The van der Waals surface area contributed by atoms with Gasteiger partial charge in [-0.1, -0.05) is 31.5 Å². The number of benzene rings is 1. The van der Waals surface area contributed by atoms with Crippen molar-refractivity contribution in [1.29, 1.82) is 0 Å². The third-order valence-electron chi connectivity index (χ3n) is 7.23. The van der Waals surface area contributed by atoms with Crippen LogP contribution in [0.4, 0.5) is 0 Å². The van der Waals surface area contributed by atoms with Gasteiger partial charge in [0.15, 0.2) is 0 Å². The van der Waals surface area contributed by atoms with Gasteiger partial charge in [0.05, 0.1) is 19.1 Å². The predicted molar refractivity (Wildman–Crippen MR) is 119 cm³/mol. The van der Waals surface area contributed by atoms with E-state index in [1.807, 2.05) is 29.2 Å². The molecule has 2 aliphatic heterocycles. The molecule has 1 aliphatic carbocycles. The third kappa shape index (κ3) is 4.72. The monoisotopic (exact) mass is 428 g/mol. The number of unbranched alkanes of at least 4 members (excludes halogenated alkanes) is 1. The Balaban J connectivity index is 1.56. The second kappa shape index (κ2) is 10.0. The molecule has 7 heteroatoms. The first kappa shape index (κ1) is 22.1. The van der Waals surface area contributed by atoms with Gasteiger partial charge in [-0.15, -0.1) is 0 Å². The van der Waals surface area contributed by atoms with E-state index in [4.69, 9.17) is 4.74 Å². The van der Waals surface area contributed by atoms with E-state index in [9.17, 15) is 9.59 Å². The number of hydrogen-bond donors (Lipinski definition) is 3. The Morgan fingerprint density at radius 3 is 2.90 bits per heavy atom. The molecule has 5 atom stereocenters. The Labute approximate surface area is 185 Å². The van der Waals surface area contributed by atoms with Gasteiger partial charge < -0.3 is 15.0 Å². The lowest BCUT2D eigenvalue weighted by Crippen LogP contribution is -2.51. The summed E-state index contributed by atoms with van der Waals surface area (Å²) < 4.78 is 5.63.